The summed E-state index contributed by atoms with van der Waals surface area (Å²) in [5, 5.41) is 14.6. The number of carbonyl (C=O) groups is 1. The Morgan fingerprint density at radius 2 is 1.90 bits per heavy atom. The fourth-order valence-electron chi connectivity index (χ4n) is 1.66. The van der Waals surface area contributed by atoms with Gasteiger partial charge >= 0.3 is 6.09 Å². The molecule has 1 aromatic rings. The molecule has 0 aromatic heterocycles. The highest BCUT2D eigenvalue weighted by Crippen LogP contribution is 2.09. The molecule has 114 valence electrons. The van der Waals surface area contributed by atoms with Gasteiger partial charge in [-0.25, -0.2) is 4.79 Å². The quantitative estimate of drug-likeness (QED) is 0.789. The third kappa shape index (κ3) is 7.83. The first-order chi connectivity index (χ1) is 9.90. The summed E-state index contributed by atoms with van der Waals surface area (Å²) in [5.41, 5.74) is 1.55. The van der Waals surface area contributed by atoms with Crippen molar-refractivity contribution in [1.29, 1.82) is 5.26 Å². The number of rotatable bonds is 6. The van der Waals surface area contributed by atoms with E-state index in [1.54, 1.807) is 0 Å². The van der Waals surface area contributed by atoms with Crippen LogP contribution in [0.5, 0.6) is 0 Å². The second kappa shape index (κ2) is 8.15. The number of nitriles is 1. The zero-order chi connectivity index (χ0) is 15.7. The Morgan fingerprint density at radius 1 is 1.24 bits per heavy atom. The minimum atomic E-state index is -0.465. The van der Waals surface area contributed by atoms with Gasteiger partial charge in [0.15, 0.2) is 0 Å². The zero-order valence-electron chi connectivity index (χ0n) is 12.9. The minimum Gasteiger partial charge on any atom is -0.444 e. The monoisotopic (exact) mass is 289 g/mol. The van der Waals surface area contributed by atoms with E-state index in [2.05, 4.69) is 16.7 Å². The average molecular weight is 289 g/mol. The van der Waals surface area contributed by atoms with E-state index < -0.39 is 5.60 Å². The molecule has 0 heterocycles. The van der Waals surface area contributed by atoms with E-state index in [1.807, 2.05) is 45.0 Å². The number of carbonyl (C=O) groups excluding carboxylic acids is 1. The molecule has 1 rings (SSSR count). The molecule has 0 aliphatic rings. The molecule has 0 saturated carbocycles. The van der Waals surface area contributed by atoms with Crippen molar-refractivity contribution < 1.29 is 9.53 Å². The summed E-state index contributed by atoms with van der Waals surface area (Å²) in [6, 6.07) is 9.89. The van der Waals surface area contributed by atoms with E-state index in [-0.39, 0.29) is 6.09 Å². The summed E-state index contributed by atoms with van der Waals surface area (Å²) in [7, 11) is 0. The SMILES string of the molecule is CC(C)(C)OC(=O)NCCCNc1ccc(CC#N)cc1. The van der Waals surface area contributed by atoms with Gasteiger partial charge in [-0.15, -0.1) is 0 Å². The van der Waals surface area contributed by atoms with Gasteiger partial charge in [0.2, 0.25) is 0 Å². The molecule has 0 radical (unpaired) electrons. The second-order valence-electron chi connectivity index (χ2n) is 5.74. The average Bonchev–Trinajstić information content (AvgIpc) is 2.38. The van der Waals surface area contributed by atoms with Crippen LogP contribution in [0.2, 0.25) is 0 Å². The molecule has 0 bridgehead atoms. The minimum absolute atomic E-state index is 0.386. The Kier molecular flexibility index (Phi) is 6.54. The third-order valence-corrected chi connectivity index (χ3v) is 2.59. The van der Waals surface area contributed by atoms with Crippen LogP contribution in [0.3, 0.4) is 0 Å². The molecule has 0 spiro atoms. The summed E-state index contributed by atoms with van der Waals surface area (Å²) in [4.78, 5) is 11.4. The van der Waals surface area contributed by atoms with Gasteiger partial charge in [-0.3, -0.25) is 0 Å². The Morgan fingerprint density at radius 3 is 2.48 bits per heavy atom. The molecule has 1 aromatic carbocycles. The molecule has 0 unspecified atom stereocenters. The molecule has 2 N–H and O–H groups in total. The maximum atomic E-state index is 11.4. The Balaban J connectivity index is 2.17. The van der Waals surface area contributed by atoms with Gasteiger partial charge in [0.25, 0.3) is 0 Å². The Labute approximate surface area is 126 Å². The molecule has 1 amide bonds. The highest BCUT2D eigenvalue weighted by atomic mass is 16.6. The van der Waals surface area contributed by atoms with Crippen molar-refractivity contribution in [3.8, 4) is 6.07 Å². The molecular weight excluding hydrogens is 266 g/mol. The molecule has 5 nitrogen and oxygen atoms in total. The van der Waals surface area contributed by atoms with Crippen LogP contribution >= 0.6 is 0 Å². The molecule has 21 heavy (non-hydrogen) atoms. The first kappa shape index (κ1) is 16.8. The summed E-state index contributed by atoms with van der Waals surface area (Å²) in [5.74, 6) is 0. The van der Waals surface area contributed by atoms with Gasteiger partial charge < -0.3 is 15.4 Å². The number of nitrogens with zero attached hydrogens (tertiary/aromatic N) is 1. The second-order valence-corrected chi connectivity index (χ2v) is 5.74. The Hall–Kier alpha value is -2.22. The van der Waals surface area contributed by atoms with Crippen molar-refractivity contribution in [1.82, 2.24) is 5.32 Å². The maximum absolute atomic E-state index is 11.4. The van der Waals surface area contributed by atoms with E-state index in [1.165, 1.54) is 0 Å². The molecular formula is C16H23N3O2. The number of alkyl carbamates (subject to hydrolysis) is 1. The van der Waals surface area contributed by atoms with Crippen molar-refractivity contribution in [3.05, 3.63) is 29.8 Å². The zero-order valence-corrected chi connectivity index (χ0v) is 12.9. The van der Waals surface area contributed by atoms with Crippen LogP contribution < -0.4 is 10.6 Å². The van der Waals surface area contributed by atoms with E-state index in [0.717, 1.165) is 24.2 Å². The van der Waals surface area contributed by atoms with Gasteiger partial charge in [0.1, 0.15) is 5.60 Å². The number of ether oxygens (including phenoxy) is 1. The van der Waals surface area contributed by atoms with Crippen molar-refractivity contribution in [3.63, 3.8) is 0 Å². The predicted molar refractivity (Wildman–Crippen MR) is 83.1 cm³/mol. The topological polar surface area (TPSA) is 74.2 Å². The van der Waals surface area contributed by atoms with E-state index >= 15 is 0 Å². The molecule has 0 saturated heterocycles. The number of amides is 1. The van der Waals surface area contributed by atoms with Crippen molar-refractivity contribution >= 4 is 11.8 Å². The van der Waals surface area contributed by atoms with Gasteiger partial charge in [-0.05, 0) is 44.9 Å². The number of hydrogen-bond donors (Lipinski definition) is 2. The number of nitrogens with one attached hydrogen (secondary N) is 2. The first-order valence-corrected chi connectivity index (χ1v) is 7.07. The number of anilines is 1. The maximum Gasteiger partial charge on any atom is 0.407 e. The van der Waals surface area contributed by atoms with E-state index in [9.17, 15) is 4.79 Å². The van der Waals surface area contributed by atoms with E-state index in [0.29, 0.717) is 13.0 Å². The van der Waals surface area contributed by atoms with Crippen LogP contribution in [-0.2, 0) is 11.2 Å². The van der Waals surface area contributed by atoms with Gasteiger partial charge in [-0.2, -0.15) is 5.26 Å². The summed E-state index contributed by atoms with van der Waals surface area (Å²) in [6.07, 6.45) is 0.850. The lowest BCUT2D eigenvalue weighted by Gasteiger charge is -2.19. The van der Waals surface area contributed by atoms with Crippen LogP contribution in [-0.4, -0.2) is 24.8 Å². The van der Waals surface area contributed by atoms with Gasteiger partial charge in [-0.1, -0.05) is 12.1 Å². The molecule has 0 aliphatic heterocycles. The molecule has 0 atom stereocenters. The van der Waals surface area contributed by atoms with Crippen LogP contribution in [0.1, 0.15) is 32.8 Å². The van der Waals surface area contributed by atoms with Crippen LogP contribution in [0.15, 0.2) is 24.3 Å². The van der Waals surface area contributed by atoms with Crippen molar-refractivity contribution in [2.24, 2.45) is 0 Å². The number of hydrogen-bond acceptors (Lipinski definition) is 4. The van der Waals surface area contributed by atoms with Crippen molar-refractivity contribution in [2.75, 3.05) is 18.4 Å². The highest BCUT2D eigenvalue weighted by Gasteiger charge is 2.15. The van der Waals surface area contributed by atoms with Crippen LogP contribution in [0.4, 0.5) is 10.5 Å². The first-order valence-electron chi connectivity index (χ1n) is 7.07. The van der Waals surface area contributed by atoms with Crippen LogP contribution in [0.25, 0.3) is 0 Å². The third-order valence-electron chi connectivity index (χ3n) is 2.59. The summed E-state index contributed by atoms with van der Waals surface area (Å²) in [6.45, 7) is 6.83. The highest BCUT2D eigenvalue weighted by molar-refractivity contribution is 5.67. The predicted octanol–water partition coefficient (Wildman–Crippen LogP) is 3.08. The van der Waals surface area contributed by atoms with Crippen molar-refractivity contribution in [2.45, 2.75) is 39.2 Å². The fraction of sp³-hybridized carbons (Fsp3) is 0.500. The lowest BCUT2D eigenvalue weighted by Crippen LogP contribution is -2.33. The van der Waals surface area contributed by atoms with Crippen LogP contribution in [0, 0.1) is 11.3 Å². The smallest absolute Gasteiger partial charge is 0.407 e. The molecule has 5 heteroatoms. The number of benzene rings is 1. The lowest BCUT2D eigenvalue weighted by atomic mass is 10.1. The van der Waals surface area contributed by atoms with Gasteiger partial charge in [0, 0.05) is 18.8 Å². The standard InChI is InChI=1S/C16H23N3O2/c1-16(2,3)21-15(20)19-12-4-11-18-14-7-5-13(6-8-14)9-10-17/h5-8,18H,4,9,11-12H2,1-3H3,(H,19,20). The fourth-order valence-corrected chi connectivity index (χ4v) is 1.66. The normalized spacial score (nSPS) is 10.6. The molecule has 0 fully saturated rings. The molecule has 0 aliphatic carbocycles. The van der Waals surface area contributed by atoms with Gasteiger partial charge in [0.05, 0.1) is 12.5 Å². The summed E-state index contributed by atoms with van der Waals surface area (Å²) < 4.78 is 5.14. The Bertz CT molecular complexity index is 484. The largest absolute Gasteiger partial charge is 0.444 e. The summed E-state index contributed by atoms with van der Waals surface area (Å²) >= 11 is 0. The van der Waals surface area contributed by atoms with E-state index in [4.69, 9.17) is 10.00 Å². The lowest BCUT2D eigenvalue weighted by molar-refractivity contribution is 0.0528.